The van der Waals surface area contributed by atoms with Crippen LogP contribution in [0.25, 0.3) is 0 Å². The van der Waals surface area contributed by atoms with Crippen molar-refractivity contribution in [2.24, 2.45) is 0 Å². The fourth-order valence-electron chi connectivity index (χ4n) is 1.72. The van der Waals surface area contributed by atoms with Gasteiger partial charge in [-0.3, -0.25) is 0 Å². The zero-order chi connectivity index (χ0) is 9.26. The lowest BCUT2D eigenvalue weighted by Gasteiger charge is -2.13. The quantitative estimate of drug-likeness (QED) is 0.765. The molecule has 0 bridgehead atoms. The average Bonchev–Trinajstić information content (AvgIpc) is 2.84. The van der Waals surface area contributed by atoms with Crippen LogP contribution in [0.2, 0.25) is 0 Å². The third-order valence-corrected chi connectivity index (χ3v) is 2.54. The Morgan fingerprint density at radius 3 is 3.08 bits per heavy atom. The lowest BCUT2D eigenvalue weighted by Crippen LogP contribution is -2.21. The molecule has 1 heterocycles. The lowest BCUT2D eigenvalue weighted by atomic mass is 10.3. The first-order valence-electron chi connectivity index (χ1n) is 5.09. The van der Waals surface area contributed by atoms with Crippen molar-refractivity contribution in [2.45, 2.75) is 38.8 Å². The summed E-state index contributed by atoms with van der Waals surface area (Å²) >= 11 is 0. The van der Waals surface area contributed by atoms with Crippen molar-refractivity contribution in [3.8, 4) is 0 Å². The third kappa shape index (κ3) is 1.75. The van der Waals surface area contributed by atoms with Gasteiger partial charge in [-0.15, -0.1) is 0 Å². The summed E-state index contributed by atoms with van der Waals surface area (Å²) in [7, 11) is 0. The van der Waals surface area contributed by atoms with Crippen molar-refractivity contribution in [3.63, 3.8) is 0 Å². The maximum Gasteiger partial charge on any atom is 0.125 e. The van der Waals surface area contributed by atoms with E-state index in [9.17, 15) is 0 Å². The summed E-state index contributed by atoms with van der Waals surface area (Å²) in [5.74, 6) is 1.18. The Hall–Kier alpha value is -0.830. The molecule has 0 spiro atoms. The number of hydrogen-bond donors (Lipinski definition) is 1. The van der Waals surface area contributed by atoms with E-state index in [-0.39, 0.29) is 0 Å². The van der Waals surface area contributed by atoms with Crippen LogP contribution in [0.4, 0.5) is 0 Å². The molecule has 1 fully saturated rings. The zero-order valence-corrected chi connectivity index (χ0v) is 8.33. The summed E-state index contributed by atoms with van der Waals surface area (Å²) < 4.78 is 2.31. The van der Waals surface area contributed by atoms with E-state index in [2.05, 4.69) is 34.9 Å². The molecule has 2 rings (SSSR count). The third-order valence-electron chi connectivity index (χ3n) is 2.54. The Bertz CT molecular complexity index is 275. The molecule has 0 radical (unpaired) electrons. The predicted molar refractivity (Wildman–Crippen MR) is 52.6 cm³/mol. The highest BCUT2D eigenvalue weighted by molar-refractivity contribution is 5.03. The van der Waals surface area contributed by atoms with E-state index in [1.54, 1.807) is 0 Å². The minimum Gasteiger partial charge on any atom is -0.331 e. The largest absolute Gasteiger partial charge is 0.331 e. The van der Waals surface area contributed by atoms with Gasteiger partial charge in [0.15, 0.2) is 0 Å². The number of nitrogens with one attached hydrogen (secondary N) is 1. The van der Waals surface area contributed by atoms with Crippen LogP contribution in [-0.4, -0.2) is 16.1 Å². The van der Waals surface area contributed by atoms with Crippen molar-refractivity contribution in [1.29, 1.82) is 0 Å². The molecule has 0 amide bonds. The number of aromatic nitrogens is 2. The molecule has 13 heavy (non-hydrogen) atoms. The fourth-order valence-corrected chi connectivity index (χ4v) is 1.72. The number of imidazole rings is 1. The molecule has 0 unspecified atom stereocenters. The van der Waals surface area contributed by atoms with E-state index in [1.165, 1.54) is 18.7 Å². The van der Waals surface area contributed by atoms with Crippen LogP contribution in [0.3, 0.4) is 0 Å². The molecule has 0 saturated heterocycles. The zero-order valence-electron chi connectivity index (χ0n) is 8.33. The highest BCUT2D eigenvalue weighted by atomic mass is 15.1. The van der Waals surface area contributed by atoms with Crippen LogP contribution in [0, 0.1) is 0 Å². The monoisotopic (exact) mass is 179 g/mol. The van der Waals surface area contributed by atoms with Gasteiger partial charge in [0.2, 0.25) is 0 Å². The van der Waals surface area contributed by atoms with Crippen molar-refractivity contribution in [3.05, 3.63) is 18.2 Å². The fraction of sp³-hybridized carbons (Fsp3) is 0.700. The highest BCUT2D eigenvalue weighted by Gasteiger charge is 2.26. The predicted octanol–water partition coefficient (Wildman–Crippen LogP) is 1.89. The average molecular weight is 179 g/mol. The summed E-state index contributed by atoms with van der Waals surface area (Å²) in [5.41, 5.74) is 0. The molecule has 1 aromatic rings. The van der Waals surface area contributed by atoms with E-state index >= 15 is 0 Å². The van der Waals surface area contributed by atoms with E-state index < -0.39 is 0 Å². The van der Waals surface area contributed by atoms with Gasteiger partial charge in [0.1, 0.15) is 5.82 Å². The SMILES string of the molecule is CCN[C@@H](C)c1nccn1C1CC1. The Labute approximate surface area is 79.2 Å². The molecule has 3 heteroatoms. The maximum atomic E-state index is 4.40. The summed E-state index contributed by atoms with van der Waals surface area (Å²) in [4.78, 5) is 4.40. The minimum absolute atomic E-state index is 0.376. The highest BCUT2D eigenvalue weighted by Crippen LogP contribution is 2.36. The topological polar surface area (TPSA) is 29.9 Å². The van der Waals surface area contributed by atoms with Gasteiger partial charge in [0.05, 0.1) is 6.04 Å². The number of hydrogen-bond acceptors (Lipinski definition) is 2. The van der Waals surface area contributed by atoms with Gasteiger partial charge < -0.3 is 9.88 Å². The van der Waals surface area contributed by atoms with E-state index in [0.717, 1.165) is 12.6 Å². The summed E-state index contributed by atoms with van der Waals surface area (Å²) in [5, 5.41) is 3.39. The molecule has 72 valence electrons. The van der Waals surface area contributed by atoms with Gasteiger partial charge in [-0.1, -0.05) is 6.92 Å². The normalized spacial score (nSPS) is 18.9. The molecule has 1 aliphatic rings. The van der Waals surface area contributed by atoms with Crippen molar-refractivity contribution >= 4 is 0 Å². The molecule has 0 aliphatic heterocycles. The first-order chi connectivity index (χ1) is 6.33. The molecule has 0 aromatic carbocycles. The second-order valence-electron chi connectivity index (χ2n) is 3.70. The second kappa shape index (κ2) is 3.50. The van der Waals surface area contributed by atoms with E-state index in [1.807, 2.05) is 6.20 Å². The number of nitrogens with zero attached hydrogens (tertiary/aromatic N) is 2. The van der Waals surface area contributed by atoms with Crippen LogP contribution in [0.1, 0.15) is 44.6 Å². The van der Waals surface area contributed by atoms with Gasteiger partial charge in [-0.05, 0) is 26.3 Å². The van der Waals surface area contributed by atoms with Gasteiger partial charge in [-0.25, -0.2) is 4.98 Å². The molecule has 3 nitrogen and oxygen atoms in total. The summed E-state index contributed by atoms with van der Waals surface area (Å²) in [6.07, 6.45) is 6.65. The van der Waals surface area contributed by atoms with Gasteiger partial charge >= 0.3 is 0 Å². The van der Waals surface area contributed by atoms with Crippen LogP contribution in [0.15, 0.2) is 12.4 Å². The van der Waals surface area contributed by atoms with E-state index in [0.29, 0.717) is 6.04 Å². The Balaban J connectivity index is 2.13. The van der Waals surface area contributed by atoms with Gasteiger partial charge in [0, 0.05) is 18.4 Å². The van der Waals surface area contributed by atoms with Crippen LogP contribution in [-0.2, 0) is 0 Å². The molecular formula is C10H17N3. The summed E-state index contributed by atoms with van der Waals surface area (Å²) in [6.45, 7) is 5.30. The van der Waals surface area contributed by atoms with Crippen LogP contribution >= 0.6 is 0 Å². The first kappa shape index (κ1) is 8.75. The van der Waals surface area contributed by atoms with Crippen LogP contribution in [0.5, 0.6) is 0 Å². The molecule has 1 atom stereocenters. The Morgan fingerprint density at radius 1 is 1.69 bits per heavy atom. The minimum atomic E-state index is 0.376. The van der Waals surface area contributed by atoms with Gasteiger partial charge in [-0.2, -0.15) is 0 Å². The smallest absolute Gasteiger partial charge is 0.125 e. The second-order valence-corrected chi connectivity index (χ2v) is 3.70. The van der Waals surface area contributed by atoms with Gasteiger partial charge in [0.25, 0.3) is 0 Å². The first-order valence-corrected chi connectivity index (χ1v) is 5.09. The summed E-state index contributed by atoms with van der Waals surface area (Å²) in [6, 6.07) is 1.11. The Kier molecular flexibility index (Phi) is 2.36. The van der Waals surface area contributed by atoms with Crippen LogP contribution < -0.4 is 5.32 Å². The maximum absolute atomic E-state index is 4.40. The molecule has 1 N–H and O–H groups in total. The molecule has 1 aromatic heterocycles. The van der Waals surface area contributed by atoms with Crippen molar-refractivity contribution in [2.75, 3.05) is 6.54 Å². The van der Waals surface area contributed by atoms with E-state index in [4.69, 9.17) is 0 Å². The van der Waals surface area contributed by atoms with Crippen molar-refractivity contribution < 1.29 is 0 Å². The standard InChI is InChI=1S/C10H17N3/c1-3-11-8(2)10-12-6-7-13(10)9-4-5-9/h6-9,11H,3-5H2,1-2H3/t8-/m0/s1. The number of rotatable bonds is 4. The molecular weight excluding hydrogens is 162 g/mol. The van der Waals surface area contributed by atoms with Crippen molar-refractivity contribution in [1.82, 2.24) is 14.9 Å². The lowest BCUT2D eigenvalue weighted by molar-refractivity contribution is 0.529. The molecule has 1 aliphatic carbocycles. The molecule has 1 saturated carbocycles. The Morgan fingerprint density at radius 2 is 2.46 bits per heavy atom.